The first kappa shape index (κ1) is 11.6. The van der Waals surface area contributed by atoms with Crippen LogP contribution in [0.2, 0.25) is 0 Å². The molecule has 15 heavy (non-hydrogen) atoms. The topological polar surface area (TPSA) is 38.3 Å². The van der Waals surface area contributed by atoms with Crippen molar-refractivity contribution >= 4 is 6.41 Å². The molecule has 0 aliphatic carbocycles. The minimum absolute atomic E-state index is 0.212. The highest BCUT2D eigenvalue weighted by Gasteiger charge is 2.16. The van der Waals surface area contributed by atoms with Crippen LogP contribution in [0.25, 0.3) is 0 Å². The van der Waals surface area contributed by atoms with Gasteiger partial charge in [0, 0.05) is 5.54 Å². The number of carbonyl (C=O) groups excluding carboxylic acids is 1. The summed E-state index contributed by atoms with van der Waals surface area (Å²) in [6.07, 6.45) is 1.54. The van der Waals surface area contributed by atoms with Crippen LogP contribution >= 0.6 is 0 Å². The molecule has 0 saturated carbocycles. The van der Waals surface area contributed by atoms with E-state index >= 15 is 0 Å². The van der Waals surface area contributed by atoms with Gasteiger partial charge in [-0.25, -0.2) is 0 Å². The summed E-state index contributed by atoms with van der Waals surface area (Å²) in [5, 5.41) is 2.79. The molecule has 0 radical (unpaired) electrons. The third-order valence-corrected chi connectivity index (χ3v) is 2.25. The normalized spacial score (nSPS) is 10.9. The van der Waals surface area contributed by atoms with E-state index in [4.69, 9.17) is 4.74 Å². The van der Waals surface area contributed by atoms with Crippen molar-refractivity contribution in [2.75, 3.05) is 7.11 Å². The standard InChI is InChI=1S/C12H17NO2/c1-12(2,13-9-14)8-10-4-6-11(15-3)7-5-10/h4-7,9H,8H2,1-3H3,(H,13,14). The lowest BCUT2D eigenvalue weighted by atomic mass is 9.95. The number of hydrogen-bond acceptors (Lipinski definition) is 2. The predicted molar refractivity (Wildman–Crippen MR) is 60.0 cm³/mol. The summed E-state index contributed by atoms with van der Waals surface area (Å²) in [6.45, 7) is 3.98. The Bertz CT molecular complexity index is 317. The number of ether oxygens (including phenoxy) is 1. The van der Waals surface area contributed by atoms with Gasteiger partial charge in [-0.2, -0.15) is 0 Å². The summed E-state index contributed by atoms with van der Waals surface area (Å²) in [6, 6.07) is 7.86. The highest BCUT2D eigenvalue weighted by molar-refractivity contribution is 5.48. The van der Waals surface area contributed by atoms with Crippen molar-refractivity contribution < 1.29 is 9.53 Å². The fourth-order valence-corrected chi connectivity index (χ4v) is 1.46. The predicted octanol–water partition coefficient (Wildman–Crippen LogP) is 1.76. The Labute approximate surface area is 90.4 Å². The maximum atomic E-state index is 10.4. The van der Waals surface area contributed by atoms with Crippen LogP contribution in [0.3, 0.4) is 0 Å². The first-order chi connectivity index (χ1) is 7.07. The van der Waals surface area contributed by atoms with E-state index in [9.17, 15) is 4.79 Å². The zero-order valence-corrected chi connectivity index (χ0v) is 9.41. The molecule has 3 nitrogen and oxygen atoms in total. The van der Waals surface area contributed by atoms with Gasteiger partial charge in [-0.3, -0.25) is 4.79 Å². The lowest BCUT2D eigenvalue weighted by molar-refractivity contribution is -0.110. The molecule has 82 valence electrons. The zero-order valence-electron chi connectivity index (χ0n) is 9.41. The maximum absolute atomic E-state index is 10.4. The quantitative estimate of drug-likeness (QED) is 0.747. The molecule has 0 fully saturated rings. The van der Waals surface area contributed by atoms with E-state index < -0.39 is 0 Å². The lowest BCUT2D eigenvalue weighted by Gasteiger charge is -2.23. The van der Waals surface area contributed by atoms with E-state index in [1.165, 1.54) is 5.56 Å². The Morgan fingerprint density at radius 2 is 1.93 bits per heavy atom. The number of rotatable bonds is 5. The number of nitrogens with one attached hydrogen (secondary N) is 1. The molecule has 0 spiro atoms. The van der Waals surface area contributed by atoms with Gasteiger partial charge >= 0.3 is 0 Å². The minimum atomic E-state index is -0.212. The fourth-order valence-electron chi connectivity index (χ4n) is 1.46. The van der Waals surface area contributed by atoms with Crippen molar-refractivity contribution in [1.82, 2.24) is 5.32 Å². The van der Waals surface area contributed by atoms with Crippen molar-refractivity contribution in [3.05, 3.63) is 29.8 Å². The van der Waals surface area contributed by atoms with Crippen molar-refractivity contribution in [3.8, 4) is 5.75 Å². The second kappa shape index (κ2) is 4.82. The first-order valence-corrected chi connectivity index (χ1v) is 4.92. The molecule has 0 aliphatic heterocycles. The largest absolute Gasteiger partial charge is 0.497 e. The van der Waals surface area contributed by atoms with Gasteiger partial charge in [0.15, 0.2) is 0 Å². The number of hydrogen-bond donors (Lipinski definition) is 1. The van der Waals surface area contributed by atoms with Gasteiger partial charge in [0.1, 0.15) is 5.75 Å². The summed E-state index contributed by atoms with van der Waals surface area (Å²) in [5.41, 5.74) is 0.964. The average Bonchev–Trinajstić information content (AvgIpc) is 2.18. The van der Waals surface area contributed by atoms with Crippen molar-refractivity contribution in [2.45, 2.75) is 25.8 Å². The highest BCUT2D eigenvalue weighted by atomic mass is 16.5. The van der Waals surface area contributed by atoms with Crippen LogP contribution in [0, 0.1) is 0 Å². The van der Waals surface area contributed by atoms with E-state index in [2.05, 4.69) is 5.32 Å². The van der Waals surface area contributed by atoms with Gasteiger partial charge in [0.05, 0.1) is 7.11 Å². The van der Waals surface area contributed by atoms with E-state index in [0.717, 1.165) is 18.6 Å². The van der Waals surface area contributed by atoms with Crippen LogP contribution in [0.15, 0.2) is 24.3 Å². The van der Waals surface area contributed by atoms with Gasteiger partial charge < -0.3 is 10.1 Å². The average molecular weight is 207 g/mol. The summed E-state index contributed by atoms with van der Waals surface area (Å²) in [7, 11) is 1.65. The Morgan fingerprint density at radius 1 is 1.33 bits per heavy atom. The zero-order chi connectivity index (χ0) is 11.3. The van der Waals surface area contributed by atoms with Crippen molar-refractivity contribution in [3.63, 3.8) is 0 Å². The molecule has 0 saturated heterocycles. The molecule has 0 aromatic heterocycles. The van der Waals surface area contributed by atoms with E-state index in [-0.39, 0.29) is 5.54 Å². The van der Waals surface area contributed by atoms with Crippen LogP contribution < -0.4 is 10.1 Å². The number of carbonyl (C=O) groups is 1. The molecule has 0 heterocycles. The van der Waals surface area contributed by atoms with Crippen LogP contribution in [0.1, 0.15) is 19.4 Å². The smallest absolute Gasteiger partial charge is 0.207 e. The van der Waals surface area contributed by atoms with Crippen LogP contribution in [-0.4, -0.2) is 19.1 Å². The fraction of sp³-hybridized carbons (Fsp3) is 0.417. The van der Waals surface area contributed by atoms with E-state index in [1.807, 2.05) is 38.1 Å². The van der Waals surface area contributed by atoms with Crippen molar-refractivity contribution in [1.29, 1.82) is 0 Å². The van der Waals surface area contributed by atoms with Gasteiger partial charge in [-0.15, -0.1) is 0 Å². The molecule has 0 bridgehead atoms. The van der Waals surface area contributed by atoms with Gasteiger partial charge in [0.2, 0.25) is 6.41 Å². The van der Waals surface area contributed by atoms with Gasteiger partial charge in [-0.1, -0.05) is 12.1 Å². The molecule has 1 rings (SSSR count). The molecular formula is C12H17NO2. The summed E-state index contributed by atoms with van der Waals surface area (Å²) < 4.78 is 5.07. The van der Waals surface area contributed by atoms with E-state index in [1.54, 1.807) is 7.11 Å². The van der Waals surface area contributed by atoms with Crippen LogP contribution in [-0.2, 0) is 11.2 Å². The molecule has 1 N–H and O–H groups in total. The molecule has 3 heteroatoms. The molecule has 1 amide bonds. The number of benzene rings is 1. The van der Waals surface area contributed by atoms with Gasteiger partial charge in [-0.05, 0) is 38.0 Å². The molecule has 0 atom stereocenters. The monoisotopic (exact) mass is 207 g/mol. The van der Waals surface area contributed by atoms with E-state index in [0.29, 0.717) is 0 Å². The second-order valence-corrected chi connectivity index (χ2v) is 4.17. The second-order valence-electron chi connectivity index (χ2n) is 4.17. The molecular weight excluding hydrogens is 190 g/mol. The number of methoxy groups -OCH3 is 1. The first-order valence-electron chi connectivity index (χ1n) is 4.92. The van der Waals surface area contributed by atoms with Gasteiger partial charge in [0.25, 0.3) is 0 Å². The highest BCUT2D eigenvalue weighted by Crippen LogP contribution is 2.16. The number of amides is 1. The summed E-state index contributed by atoms with van der Waals surface area (Å²) >= 11 is 0. The third-order valence-electron chi connectivity index (χ3n) is 2.25. The Hall–Kier alpha value is -1.51. The maximum Gasteiger partial charge on any atom is 0.207 e. The molecule has 0 unspecified atom stereocenters. The van der Waals surface area contributed by atoms with Crippen LogP contribution in [0.5, 0.6) is 5.75 Å². The molecule has 1 aromatic rings. The summed E-state index contributed by atoms with van der Waals surface area (Å²) in [5.74, 6) is 0.847. The molecule has 1 aromatic carbocycles. The SMILES string of the molecule is COc1ccc(CC(C)(C)NC=O)cc1. The third kappa shape index (κ3) is 3.62. The lowest BCUT2D eigenvalue weighted by Crippen LogP contribution is -2.40. The Kier molecular flexibility index (Phi) is 3.72. The molecule has 0 aliphatic rings. The minimum Gasteiger partial charge on any atom is -0.497 e. The Morgan fingerprint density at radius 3 is 2.40 bits per heavy atom. The summed E-state index contributed by atoms with van der Waals surface area (Å²) in [4.78, 5) is 10.4. The Balaban J connectivity index is 2.68. The van der Waals surface area contributed by atoms with Crippen LogP contribution in [0.4, 0.5) is 0 Å². The van der Waals surface area contributed by atoms with Crippen molar-refractivity contribution in [2.24, 2.45) is 0 Å².